The minimum absolute atomic E-state index is 0.0192. The molecule has 1 atom stereocenters. The quantitative estimate of drug-likeness (QED) is 0.554. The lowest BCUT2D eigenvalue weighted by atomic mass is 10.1. The Labute approximate surface area is 195 Å². The van der Waals surface area contributed by atoms with E-state index in [1.165, 1.54) is 4.90 Å². The van der Waals surface area contributed by atoms with Gasteiger partial charge in [-0.25, -0.2) is 0 Å². The smallest absolute Gasteiger partial charge is 0.251 e. The second-order valence-corrected chi connectivity index (χ2v) is 8.37. The van der Waals surface area contributed by atoms with Crippen LogP contribution in [0.25, 0.3) is 0 Å². The van der Waals surface area contributed by atoms with Crippen LogP contribution in [0.2, 0.25) is 0 Å². The molecule has 1 saturated heterocycles. The van der Waals surface area contributed by atoms with Crippen LogP contribution in [0.15, 0.2) is 46.9 Å². The number of ether oxygens (including phenoxy) is 2. The average molecular weight is 506 g/mol. The summed E-state index contributed by atoms with van der Waals surface area (Å²) >= 11 is 8.83. The molecule has 0 bridgehead atoms. The molecule has 0 aromatic heterocycles. The van der Waals surface area contributed by atoms with Gasteiger partial charge >= 0.3 is 0 Å². The Bertz CT molecular complexity index is 983. The van der Waals surface area contributed by atoms with Crippen LogP contribution >= 0.6 is 28.1 Å². The number of nitrogens with zero attached hydrogens (tertiary/aromatic N) is 2. The second kappa shape index (κ2) is 10.1. The molecule has 31 heavy (non-hydrogen) atoms. The lowest BCUT2D eigenvalue weighted by Crippen LogP contribution is -2.39. The zero-order valence-corrected chi connectivity index (χ0v) is 20.0. The number of amides is 2. The molecule has 0 saturated carbocycles. The maximum Gasteiger partial charge on any atom is 0.251 e. The van der Waals surface area contributed by atoms with Crippen molar-refractivity contribution in [2.45, 2.75) is 18.9 Å². The molecule has 2 amide bonds. The molecule has 1 aliphatic rings. The monoisotopic (exact) mass is 505 g/mol. The third kappa shape index (κ3) is 5.34. The van der Waals surface area contributed by atoms with E-state index in [4.69, 9.17) is 21.7 Å². The van der Waals surface area contributed by atoms with Crippen molar-refractivity contribution < 1.29 is 19.1 Å². The van der Waals surface area contributed by atoms with E-state index in [1.54, 1.807) is 33.4 Å². The van der Waals surface area contributed by atoms with Crippen molar-refractivity contribution in [3.8, 4) is 11.5 Å². The molecule has 164 valence electrons. The summed E-state index contributed by atoms with van der Waals surface area (Å²) in [5.74, 6) is 0.876. The summed E-state index contributed by atoms with van der Waals surface area (Å²) in [4.78, 5) is 28.6. The highest BCUT2D eigenvalue weighted by molar-refractivity contribution is 9.10. The number of methoxy groups -OCH3 is 2. The van der Waals surface area contributed by atoms with Crippen LogP contribution in [-0.4, -0.2) is 60.6 Å². The van der Waals surface area contributed by atoms with Gasteiger partial charge in [-0.15, -0.1) is 0 Å². The molecule has 1 N–H and O–H groups in total. The van der Waals surface area contributed by atoms with Gasteiger partial charge in [0, 0.05) is 23.8 Å². The number of likely N-dealkylation sites (N-methyl/N-ethyl adjacent to an activating group) is 1. The fourth-order valence-electron chi connectivity index (χ4n) is 3.43. The first-order chi connectivity index (χ1) is 14.8. The maximum absolute atomic E-state index is 12.7. The van der Waals surface area contributed by atoms with E-state index in [2.05, 4.69) is 21.2 Å². The Kier molecular flexibility index (Phi) is 7.50. The molecule has 1 fully saturated rings. The van der Waals surface area contributed by atoms with Gasteiger partial charge in [0.2, 0.25) is 5.91 Å². The maximum atomic E-state index is 12.7. The van der Waals surface area contributed by atoms with Crippen molar-refractivity contribution in [2.75, 3.05) is 33.1 Å². The van der Waals surface area contributed by atoms with Gasteiger partial charge in [0.25, 0.3) is 5.91 Å². The van der Waals surface area contributed by atoms with Gasteiger partial charge in [-0.2, -0.15) is 0 Å². The zero-order chi connectivity index (χ0) is 22.5. The summed E-state index contributed by atoms with van der Waals surface area (Å²) < 4.78 is 11.6. The summed E-state index contributed by atoms with van der Waals surface area (Å²) in [5, 5.41) is 3.26. The molecule has 1 heterocycles. The number of rotatable bonds is 8. The first kappa shape index (κ1) is 23.0. The average Bonchev–Trinajstić information content (AvgIpc) is 2.97. The number of nitrogens with one attached hydrogen (secondary N) is 1. The zero-order valence-electron chi connectivity index (χ0n) is 17.6. The second-order valence-electron chi connectivity index (χ2n) is 7.09. The Hall–Kier alpha value is -2.65. The summed E-state index contributed by atoms with van der Waals surface area (Å²) in [6, 6.07) is 12.3. The number of hydrogen-bond acceptors (Lipinski definition) is 5. The summed E-state index contributed by atoms with van der Waals surface area (Å²) in [6.07, 6.45) is 0.651. The summed E-state index contributed by atoms with van der Waals surface area (Å²) in [6.45, 7) is 0.501. The first-order valence-corrected chi connectivity index (χ1v) is 10.9. The third-order valence-electron chi connectivity index (χ3n) is 5.12. The minimum Gasteiger partial charge on any atom is -0.493 e. The minimum atomic E-state index is -0.631. The van der Waals surface area contributed by atoms with Crippen LogP contribution in [-0.2, 0) is 16.0 Å². The van der Waals surface area contributed by atoms with Crippen molar-refractivity contribution in [2.24, 2.45) is 0 Å². The van der Waals surface area contributed by atoms with Crippen LogP contribution in [0.3, 0.4) is 0 Å². The number of carbonyl (C=O) groups is 2. The van der Waals surface area contributed by atoms with Gasteiger partial charge in [-0.3, -0.25) is 14.5 Å². The Morgan fingerprint density at radius 3 is 2.45 bits per heavy atom. The molecule has 1 unspecified atom stereocenters. The van der Waals surface area contributed by atoms with Crippen LogP contribution in [0, 0.1) is 0 Å². The Morgan fingerprint density at radius 1 is 1.13 bits per heavy atom. The van der Waals surface area contributed by atoms with E-state index in [0.717, 1.165) is 10.0 Å². The lowest BCUT2D eigenvalue weighted by Gasteiger charge is -2.23. The third-order valence-corrected chi connectivity index (χ3v) is 6.16. The van der Waals surface area contributed by atoms with E-state index < -0.39 is 6.04 Å². The predicted octanol–water partition coefficient (Wildman–Crippen LogP) is 3.47. The van der Waals surface area contributed by atoms with Crippen LogP contribution < -0.4 is 14.8 Å². The van der Waals surface area contributed by atoms with E-state index in [-0.39, 0.29) is 18.2 Å². The molecule has 3 rings (SSSR count). The van der Waals surface area contributed by atoms with Gasteiger partial charge in [0.1, 0.15) is 6.04 Å². The topological polar surface area (TPSA) is 71.1 Å². The molecule has 9 heteroatoms. The number of thiocarbonyl (C=S) groups is 1. The number of anilines is 1. The molecule has 0 aliphatic carbocycles. The molecule has 2 aromatic rings. The highest BCUT2D eigenvalue weighted by atomic mass is 79.9. The van der Waals surface area contributed by atoms with E-state index in [9.17, 15) is 9.59 Å². The standard InChI is InChI=1S/C22H24BrN3O4S/c1-25-21(28)17(13-20(27)24-16-7-5-15(23)6-8-16)26(22(25)31)11-10-14-4-9-18(29-2)19(12-14)30-3/h4-9,12,17H,10-11,13H2,1-3H3,(H,24,27). The lowest BCUT2D eigenvalue weighted by molar-refractivity contribution is -0.130. The van der Waals surface area contributed by atoms with Crippen LogP contribution in [0.1, 0.15) is 12.0 Å². The van der Waals surface area contributed by atoms with E-state index in [1.807, 2.05) is 35.2 Å². The largest absolute Gasteiger partial charge is 0.493 e. The molecule has 7 nitrogen and oxygen atoms in total. The summed E-state index contributed by atoms with van der Waals surface area (Å²) in [7, 11) is 4.82. The molecule has 1 aliphatic heterocycles. The van der Waals surface area contributed by atoms with Crippen LogP contribution in [0.5, 0.6) is 11.5 Å². The van der Waals surface area contributed by atoms with Crippen molar-refractivity contribution in [1.82, 2.24) is 9.80 Å². The SMILES string of the molecule is COc1ccc(CCN2C(=S)N(C)C(=O)C2CC(=O)Nc2ccc(Br)cc2)cc1OC. The van der Waals surface area contributed by atoms with Gasteiger partial charge in [0.15, 0.2) is 16.6 Å². The molecular formula is C22H24BrN3O4S. The Morgan fingerprint density at radius 2 is 1.81 bits per heavy atom. The van der Waals surface area contributed by atoms with Gasteiger partial charge in [0.05, 0.1) is 20.6 Å². The fourth-order valence-corrected chi connectivity index (χ4v) is 4.01. The van der Waals surface area contributed by atoms with Gasteiger partial charge in [-0.1, -0.05) is 22.0 Å². The number of benzene rings is 2. The number of halogens is 1. The van der Waals surface area contributed by atoms with Crippen LogP contribution in [0.4, 0.5) is 5.69 Å². The van der Waals surface area contributed by atoms with Crippen molar-refractivity contribution in [3.63, 3.8) is 0 Å². The molecule has 2 aromatic carbocycles. The fraction of sp³-hybridized carbons (Fsp3) is 0.318. The molecular weight excluding hydrogens is 482 g/mol. The van der Waals surface area contributed by atoms with E-state index >= 15 is 0 Å². The van der Waals surface area contributed by atoms with Crippen molar-refractivity contribution >= 4 is 50.8 Å². The van der Waals surface area contributed by atoms with Crippen molar-refractivity contribution in [1.29, 1.82) is 0 Å². The first-order valence-electron chi connectivity index (χ1n) is 9.68. The Balaban J connectivity index is 1.68. The van der Waals surface area contributed by atoms with Gasteiger partial charge < -0.3 is 19.7 Å². The highest BCUT2D eigenvalue weighted by Gasteiger charge is 2.41. The van der Waals surface area contributed by atoms with E-state index in [0.29, 0.717) is 35.3 Å². The number of carbonyl (C=O) groups excluding carboxylic acids is 2. The normalized spacial score (nSPS) is 15.9. The predicted molar refractivity (Wildman–Crippen MR) is 127 cm³/mol. The number of hydrogen-bond donors (Lipinski definition) is 1. The van der Waals surface area contributed by atoms with Crippen molar-refractivity contribution in [3.05, 3.63) is 52.5 Å². The summed E-state index contributed by atoms with van der Waals surface area (Å²) in [5.41, 5.74) is 1.69. The highest BCUT2D eigenvalue weighted by Crippen LogP contribution is 2.28. The molecule has 0 spiro atoms. The van der Waals surface area contributed by atoms with Gasteiger partial charge in [-0.05, 0) is 60.6 Å². The molecule has 0 radical (unpaired) electrons.